The third-order valence-electron chi connectivity index (χ3n) is 3.09. The van der Waals surface area contributed by atoms with Gasteiger partial charge in [0.05, 0.1) is 18.4 Å². The Hall–Kier alpha value is -2.34. The van der Waals surface area contributed by atoms with Crippen LogP contribution < -0.4 is 10.1 Å². The average molecular weight is 378 g/mol. The van der Waals surface area contributed by atoms with Gasteiger partial charge in [-0.15, -0.1) is 0 Å². The van der Waals surface area contributed by atoms with Gasteiger partial charge in [-0.25, -0.2) is 4.79 Å². The van der Waals surface area contributed by atoms with Crippen LogP contribution in [0.4, 0.5) is 5.69 Å². The number of benzene rings is 2. The first-order valence-electron chi connectivity index (χ1n) is 6.91. The van der Waals surface area contributed by atoms with Gasteiger partial charge in [-0.2, -0.15) is 0 Å². The van der Waals surface area contributed by atoms with E-state index < -0.39 is 12.1 Å². The van der Waals surface area contributed by atoms with Crippen LogP contribution >= 0.6 is 15.9 Å². The van der Waals surface area contributed by atoms with E-state index >= 15 is 0 Å². The molecular formula is C17H16BrNO4. The molecule has 0 aliphatic carbocycles. The van der Waals surface area contributed by atoms with E-state index in [1.54, 1.807) is 43.3 Å². The zero-order valence-electron chi connectivity index (χ0n) is 12.7. The third-order valence-corrected chi connectivity index (χ3v) is 3.61. The largest absolute Gasteiger partial charge is 0.481 e. The van der Waals surface area contributed by atoms with E-state index in [0.717, 1.165) is 4.47 Å². The number of carbonyl (C=O) groups is 2. The number of ether oxygens (including phenoxy) is 2. The lowest BCUT2D eigenvalue weighted by Gasteiger charge is -2.16. The molecule has 2 rings (SSSR count). The van der Waals surface area contributed by atoms with Crippen LogP contribution in [0.25, 0.3) is 0 Å². The molecular weight excluding hydrogens is 362 g/mol. The van der Waals surface area contributed by atoms with Gasteiger partial charge >= 0.3 is 5.97 Å². The highest BCUT2D eigenvalue weighted by atomic mass is 79.9. The monoisotopic (exact) mass is 377 g/mol. The number of nitrogens with one attached hydrogen (secondary N) is 1. The minimum atomic E-state index is -0.720. The molecule has 2 aromatic carbocycles. The number of hydrogen-bond acceptors (Lipinski definition) is 4. The minimum absolute atomic E-state index is 0.291. The van der Waals surface area contributed by atoms with Crippen molar-refractivity contribution in [2.75, 3.05) is 12.4 Å². The Kier molecular flexibility index (Phi) is 5.76. The molecule has 23 heavy (non-hydrogen) atoms. The highest BCUT2D eigenvalue weighted by Crippen LogP contribution is 2.19. The first-order valence-corrected chi connectivity index (χ1v) is 7.71. The molecule has 6 heteroatoms. The van der Waals surface area contributed by atoms with Crippen LogP contribution in [-0.4, -0.2) is 25.1 Å². The predicted octanol–water partition coefficient (Wildman–Crippen LogP) is 3.64. The average Bonchev–Trinajstić information content (AvgIpc) is 2.56. The van der Waals surface area contributed by atoms with Crippen molar-refractivity contribution in [2.24, 2.45) is 0 Å². The van der Waals surface area contributed by atoms with Crippen molar-refractivity contribution in [3.8, 4) is 5.75 Å². The maximum Gasteiger partial charge on any atom is 0.339 e. The number of para-hydroxylation sites is 1. The van der Waals surface area contributed by atoms with Gasteiger partial charge < -0.3 is 14.8 Å². The normalized spacial score (nSPS) is 11.4. The fourth-order valence-corrected chi connectivity index (χ4v) is 2.15. The highest BCUT2D eigenvalue weighted by Gasteiger charge is 2.18. The molecule has 120 valence electrons. The van der Waals surface area contributed by atoms with Crippen LogP contribution in [0.5, 0.6) is 5.75 Å². The molecule has 0 heterocycles. The summed E-state index contributed by atoms with van der Waals surface area (Å²) in [6, 6.07) is 13.8. The fourth-order valence-electron chi connectivity index (χ4n) is 1.89. The number of anilines is 1. The van der Waals surface area contributed by atoms with E-state index in [1.807, 2.05) is 12.1 Å². The Morgan fingerprint density at radius 3 is 2.39 bits per heavy atom. The van der Waals surface area contributed by atoms with E-state index in [9.17, 15) is 9.59 Å². The van der Waals surface area contributed by atoms with Crippen LogP contribution in [0.15, 0.2) is 53.0 Å². The summed E-state index contributed by atoms with van der Waals surface area (Å²) in [5.41, 5.74) is 0.676. The molecule has 0 fully saturated rings. The van der Waals surface area contributed by atoms with Gasteiger partial charge in [0.15, 0.2) is 6.10 Å². The molecule has 0 radical (unpaired) electrons. The number of halogens is 1. The van der Waals surface area contributed by atoms with Gasteiger partial charge in [0.2, 0.25) is 0 Å². The molecule has 5 nitrogen and oxygen atoms in total. The zero-order valence-corrected chi connectivity index (χ0v) is 14.3. The van der Waals surface area contributed by atoms with Gasteiger partial charge in [-0.05, 0) is 43.3 Å². The van der Waals surface area contributed by atoms with Gasteiger partial charge in [-0.1, -0.05) is 28.1 Å². The predicted molar refractivity (Wildman–Crippen MR) is 90.6 cm³/mol. The summed E-state index contributed by atoms with van der Waals surface area (Å²) in [5.74, 6) is -0.288. The Bertz CT molecular complexity index is 700. The summed E-state index contributed by atoms with van der Waals surface area (Å²) in [5, 5.41) is 2.68. The van der Waals surface area contributed by atoms with E-state index in [0.29, 0.717) is 17.0 Å². The quantitative estimate of drug-likeness (QED) is 0.807. The van der Waals surface area contributed by atoms with Gasteiger partial charge in [0, 0.05) is 4.47 Å². The molecule has 1 unspecified atom stereocenters. The number of amides is 1. The maximum absolute atomic E-state index is 12.2. The smallest absolute Gasteiger partial charge is 0.339 e. The summed E-state index contributed by atoms with van der Waals surface area (Å²) in [7, 11) is 1.29. The summed E-state index contributed by atoms with van der Waals surface area (Å²) in [6.07, 6.45) is -0.720. The molecule has 0 aliphatic rings. The second-order valence-corrected chi connectivity index (χ2v) is 5.66. The van der Waals surface area contributed by atoms with Crippen LogP contribution in [0.1, 0.15) is 17.3 Å². The molecule has 0 bridgehead atoms. The van der Waals surface area contributed by atoms with Crippen molar-refractivity contribution >= 4 is 33.5 Å². The summed E-state index contributed by atoms with van der Waals surface area (Å²) >= 11 is 3.33. The second-order valence-electron chi connectivity index (χ2n) is 4.74. The van der Waals surface area contributed by atoms with Gasteiger partial charge in [0.1, 0.15) is 5.75 Å². The van der Waals surface area contributed by atoms with Crippen molar-refractivity contribution in [3.05, 3.63) is 58.6 Å². The molecule has 1 atom stereocenters. The lowest BCUT2D eigenvalue weighted by atomic mass is 10.1. The molecule has 1 amide bonds. The van der Waals surface area contributed by atoms with Crippen LogP contribution in [-0.2, 0) is 9.53 Å². The molecule has 0 saturated carbocycles. The second kappa shape index (κ2) is 7.78. The summed E-state index contributed by atoms with van der Waals surface area (Å²) < 4.78 is 11.2. The lowest BCUT2D eigenvalue weighted by Crippen LogP contribution is -2.30. The Labute approximate surface area is 142 Å². The molecule has 0 saturated heterocycles. The fraction of sp³-hybridized carbons (Fsp3) is 0.176. The zero-order chi connectivity index (χ0) is 16.8. The van der Waals surface area contributed by atoms with Crippen molar-refractivity contribution in [3.63, 3.8) is 0 Å². The van der Waals surface area contributed by atoms with Crippen molar-refractivity contribution in [2.45, 2.75) is 13.0 Å². The maximum atomic E-state index is 12.2. The number of hydrogen-bond donors (Lipinski definition) is 1. The van der Waals surface area contributed by atoms with Gasteiger partial charge in [0.25, 0.3) is 5.91 Å². The molecule has 2 aromatic rings. The lowest BCUT2D eigenvalue weighted by molar-refractivity contribution is -0.122. The van der Waals surface area contributed by atoms with E-state index in [1.165, 1.54) is 7.11 Å². The van der Waals surface area contributed by atoms with Crippen LogP contribution in [0.3, 0.4) is 0 Å². The topological polar surface area (TPSA) is 64.6 Å². The number of rotatable bonds is 5. The molecule has 1 N–H and O–H groups in total. The van der Waals surface area contributed by atoms with E-state index in [4.69, 9.17) is 9.47 Å². The highest BCUT2D eigenvalue weighted by molar-refractivity contribution is 9.10. The van der Waals surface area contributed by atoms with Crippen molar-refractivity contribution in [1.82, 2.24) is 0 Å². The molecule has 0 aliphatic heterocycles. The van der Waals surface area contributed by atoms with Crippen LogP contribution in [0.2, 0.25) is 0 Å². The van der Waals surface area contributed by atoms with E-state index in [-0.39, 0.29) is 5.91 Å². The number of esters is 1. The van der Waals surface area contributed by atoms with E-state index in [2.05, 4.69) is 21.2 Å². The minimum Gasteiger partial charge on any atom is -0.481 e. The first kappa shape index (κ1) is 17.0. The third kappa shape index (κ3) is 4.56. The van der Waals surface area contributed by atoms with Gasteiger partial charge in [-0.3, -0.25) is 4.79 Å². The van der Waals surface area contributed by atoms with Crippen LogP contribution in [0, 0.1) is 0 Å². The standard InChI is InChI=1S/C17H16BrNO4/c1-11(23-13-9-7-12(18)8-10-13)16(20)19-15-6-4-3-5-14(15)17(21)22-2/h3-11H,1-2H3,(H,19,20). The Balaban J connectivity index is 2.06. The molecule has 0 spiro atoms. The first-order chi connectivity index (χ1) is 11.0. The number of methoxy groups -OCH3 is 1. The van der Waals surface area contributed by atoms with Crippen molar-refractivity contribution in [1.29, 1.82) is 0 Å². The Morgan fingerprint density at radius 2 is 1.74 bits per heavy atom. The van der Waals surface area contributed by atoms with Crippen molar-refractivity contribution < 1.29 is 19.1 Å². The molecule has 0 aromatic heterocycles. The number of carbonyl (C=O) groups excluding carboxylic acids is 2. The Morgan fingerprint density at radius 1 is 1.09 bits per heavy atom. The summed E-state index contributed by atoms with van der Waals surface area (Å²) in [4.78, 5) is 23.9. The SMILES string of the molecule is COC(=O)c1ccccc1NC(=O)C(C)Oc1ccc(Br)cc1. The summed E-state index contributed by atoms with van der Waals surface area (Å²) in [6.45, 7) is 1.64.